The van der Waals surface area contributed by atoms with Gasteiger partial charge in [-0.25, -0.2) is 8.78 Å². The molecule has 0 saturated carbocycles. The van der Waals surface area contributed by atoms with Crippen LogP contribution in [0.5, 0.6) is 0 Å². The first kappa shape index (κ1) is 12.7. The van der Waals surface area contributed by atoms with E-state index in [2.05, 4.69) is 11.2 Å². The van der Waals surface area contributed by atoms with Gasteiger partial charge in [-0.2, -0.15) is 0 Å². The Bertz CT molecular complexity index is 362. The zero-order valence-electron chi connectivity index (χ0n) is 9.26. The van der Waals surface area contributed by atoms with E-state index in [1.54, 1.807) is 0 Å². The van der Waals surface area contributed by atoms with Gasteiger partial charge in [-0.05, 0) is 30.7 Å². The average Bonchev–Trinajstić information content (AvgIpc) is 2.16. The Labute approximate surface area is 94.9 Å². The number of benzene rings is 1. The van der Waals surface area contributed by atoms with Crippen LogP contribution in [0.4, 0.5) is 8.78 Å². The van der Waals surface area contributed by atoms with Gasteiger partial charge < -0.3 is 5.32 Å². The number of rotatable bonds is 5. The quantitative estimate of drug-likeness (QED) is 0.756. The Hall–Kier alpha value is -1.40. The summed E-state index contributed by atoms with van der Waals surface area (Å²) >= 11 is 0. The highest BCUT2D eigenvalue weighted by atomic mass is 19.1. The number of nitrogens with one attached hydrogen (secondary N) is 1. The summed E-state index contributed by atoms with van der Waals surface area (Å²) in [7, 11) is 0. The first-order valence-corrected chi connectivity index (χ1v) is 5.27. The lowest BCUT2D eigenvalue weighted by Crippen LogP contribution is -2.30. The first-order valence-electron chi connectivity index (χ1n) is 5.27. The Kier molecular flexibility index (Phi) is 4.94. The van der Waals surface area contributed by atoms with E-state index in [1.165, 1.54) is 12.1 Å². The maximum Gasteiger partial charge on any atom is 0.126 e. The van der Waals surface area contributed by atoms with Gasteiger partial charge in [0.15, 0.2) is 0 Å². The van der Waals surface area contributed by atoms with Crippen LogP contribution in [0.1, 0.15) is 18.9 Å². The summed E-state index contributed by atoms with van der Waals surface area (Å²) in [5.74, 6) is 1.45. The van der Waals surface area contributed by atoms with Crippen molar-refractivity contribution >= 4 is 0 Å². The minimum atomic E-state index is -0.550. The molecule has 16 heavy (non-hydrogen) atoms. The molecule has 0 spiro atoms. The molecule has 1 aromatic rings. The number of likely N-dealkylation sites (N-methyl/N-ethyl adjacent to an activating group) is 1. The normalized spacial score (nSPS) is 12.1. The van der Waals surface area contributed by atoms with E-state index in [0.29, 0.717) is 18.4 Å². The van der Waals surface area contributed by atoms with Gasteiger partial charge in [-0.3, -0.25) is 0 Å². The van der Waals surface area contributed by atoms with Crippen LogP contribution < -0.4 is 5.32 Å². The van der Waals surface area contributed by atoms with Crippen molar-refractivity contribution < 1.29 is 8.78 Å². The fourth-order valence-electron chi connectivity index (χ4n) is 1.66. The van der Waals surface area contributed by atoms with Crippen molar-refractivity contribution in [1.29, 1.82) is 0 Å². The standard InChI is InChI=1S/C13H15F2N/c1-3-5-13(16-4-2)8-10-6-11(14)9-12(15)7-10/h1,6-7,9,13,16H,4-5,8H2,2H3. The molecule has 3 heteroatoms. The fourth-order valence-corrected chi connectivity index (χ4v) is 1.66. The molecule has 0 heterocycles. The number of terminal acetylenes is 1. The first-order chi connectivity index (χ1) is 7.65. The molecule has 1 N–H and O–H groups in total. The van der Waals surface area contributed by atoms with Crippen molar-refractivity contribution in [2.45, 2.75) is 25.8 Å². The van der Waals surface area contributed by atoms with Crippen LogP contribution in [0.2, 0.25) is 0 Å². The third-order valence-electron chi connectivity index (χ3n) is 2.26. The number of halogens is 2. The van der Waals surface area contributed by atoms with Gasteiger partial charge in [0.2, 0.25) is 0 Å². The van der Waals surface area contributed by atoms with Gasteiger partial charge in [0.05, 0.1) is 0 Å². The molecule has 86 valence electrons. The van der Waals surface area contributed by atoms with E-state index in [0.717, 1.165) is 12.6 Å². The van der Waals surface area contributed by atoms with Crippen LogP contribution in [0.3, 0.4) is 0 Å². The molecule has 0 bridgehead atoms. The maximum absolute atomic E-state index is 12.9. The summed E-state index contributed by atoms with van der Waals surface area (Å²) in [4.78, 5) is 0. The van der Waals surface area contributed by atoms with Crippen LogP contribution >= 0.6 is 0 Å². The van der Waals surface area contributed by atoms with Crippen LogP contribution in [-0.2, 0) is 6.42 Å². The summed E-state index contributed by atoms with van der Waals surface area (Å²) < 4.78 is 25.9. The second-order valence-electron chi connectivity index (χ2n) is 3.64. The average molecular weight is 223 g/mol. The minimum absolute atomic E-state index is 0.0659. The molecule has 0 aliphatic rings. The Balaban J connectivity index is 2.73. The predicted molar refractivity (Wildman–Crippen MR) is 61.0 cm³/mol. The Morgan fingerprint density at radius 3 is 2.44 bits per heavy atom. The van der Waals surface area contributed by atoms with Gasteiger partial charge >= 0.3 is 0 Å². The highest BCUT2D eigenvalue weighted by molar-refractivity contribution is 5.19. The van der Waals surface area contributed by atoms with Crippen molar-refractivity contribution in [3.05, 3.63) is 35.4 Å². The van der Waals surface area contributed by atoms with Crippen LogP contribution in [0, 0.1) is 24.0 Å². The van der Waals surface area contributed by atoms with Crippen LogP contribution in [-0.4, -0.2) is 12.6 Å². The van der Waals surface area contributed by atoms with E-state index >= 15 is 0 Å². The Morgan fingerprint density at radius 2 is 1.94 bits per heavy atom. The van der Waals surface area contributed by atoms with Gasteiger partial charge in [0.25, 0.3) is 0 Å². The molecule has 0 fully saturated rings. The van der Waals surface area contributed by atoms with Gasteiger partial charge in [-0.1, -0.05) is 6.92 Å². The molecule has 0 aliphatic carbocycles. The largest absolute Gasteiger partial charge is 0.313 e. The van der Waals surface area contributed by atoms with Crippen LogP contribution in [0.15, 0.2) is 18.2 Å². The SMILES string of the molecule is C#CCC(Cc1cc(F)cc(F)c1)NCC. The predicted octanol–water partition coefficient (Wildman–Crippen LogP) is 2.51. The lowest BCUT2D eigenvalue weighted by Gasteiger charge is -2.15. The molecule has 0 amide bonds. The second kappa shape index (κ2) is 6.24. The van der Waals surface area contributed by atoms with E-state index < -0.39 is 11.6 Å². The molecule has 1 rings (SSSR count). The molecular weight excluding hydrogens is 208 g/mol. The van der Waals surface area contributed by atoms with Crippen molar-refractivity contribution in [2.24, 2.45) is 0 Å². The summed E-state index contributed by atoms with van der Waals surface area (Å²) in [6, 6.07) is 3.61. The molecule has 0 radical (unpaired) electrons. The molecule has 1 unspecified atom stereocenters. The van der Waals surface area contributed by atoms with E-state index in [9.17, 15) is 8.78 Å². The molecule has 0 saturated heterocycles. The third-order valence-corrected chi connectivity index (χ3v) is 2.26. The fraction of sp³-hybridized carbons (Fsp3) is 0.385. The summed E-state index contributed by atoms with van der Waals surface area (Å²) in [5.41, 5.74) is 0.624. The zero-order valence-corrected chi connectivity index (χ0v) is 9.26. The lowest BCUT2D eigenvalue weighted by molar-refractivity contribution is 0.527. The van der Waals surface area contributed by atoms with Crippen molar-refractivity contribution in [1.82, 2.24) is 5.32 Å². The van der Waals surface area contributed by atoms with E-state index in [1.807, 2.05) is 6.92 Å². The molecule has 1 nitrogen and oxygen atoms in total. The van der Waals surface area contributed by atoms with Crippen LogP contribution in [0.25, 0.3) is 0 Å². The summed E-state index contributed by atoms with van der Waals surface area (Å²) in [6.07, 6.45) is 6.32. The van der Waals surface area contributed by atoms with E-state index in [4.69, 9.17) is 6.42 Å². The summed E-state index contributed by atoms with van der Waals surface area (Å²) in [6.45, 7) is 2.75. The van der Waals surface area contributed by atoms with Crippen molar-refractivity contribution in [3.63, 3.8) is 0 Å². The smallest absolute Gasteiger partial charge is 0.126 e. The third kappa shape index (κ3) is 4.00. The van der Waals surface area contributed by atoms with Crippen molar-refractivity contribution in [3.8, 4) is 12.3 Å². The molecule has 1 aromatic carbocycles. The van der Waals surface area contributed by atoms with E-state index in [-0.39, 0.29) is 6.04 Å². The molecule has 0 aromatic heterocycles. The summed E-state index contributed by atoms with van der Waals surface area (Å²) in [5, 5.41) is 3.18. The number of hydrogen-bond acceptors (Lipinski definition) is 1. The van der Waals surface area contributed by atoms with Gasteiger partial charge in [0.1, 0.15) is 11.6 Å². The monoisotopic (exact) mass is 223 g/mol. The minimum Gasteiger partial charge on any atom is -0.313 e. The topological polar surface area (TPSA) is 12.0 Å². The molecule has 0 aliphatic heterocycles. The molecular formula is C13H15F2N. The zero-order chi connectivity index (χ0) is 12.0. The highest BCUT2D eigenvalue weighted by Gasteiger charge is 2.08. The van der Waals surface area contributed by atoms with Crippen molar-refractivity contribution in [2.75, 3.05) is 6.54 Å². The lowest BCUT2D eigenvalue weighted by atomic mass is 10.0. The molecule has 1 atom stereocenters. The van der Waals surface area contributed by atoms with Gasteiger partial charge in [-0.15, -0.1) is 12.3 Å². The maximum atomic E-state index is 12.9. The number of hydrogen-bond donors (Lipinski definition) is 1. The highest BCUT2D eigenvalue weighted by Crippen LogP contribution is 2.11. The van der Waals surface area contributed by atoms with Gasteiger partial charge in [0, 0.05) is 18.5 Å². The second-order valence-corrected chi connectivity index (χ2v) is 3.64. The Morgan fingerprint density at radius 1 is 1.31 bits per heavy atom.